The molecule has 3 rings (SSSR count). The van der Waals surface area contributed by atoms with Gasteiger partial charge in [0.1, 0.15) is 0 Å². The highest BCUT2D eigenvalue weighted by Crippen LogP contribution is 2.21. The van der Waals surface area contributed by atoms with Crippen LogP contribution in [-0.2, 0) is 22.6 Å². The van der Waals surface area contributed by atoms with Crippen LogP contribution in [0, 0.1) is 6.92 Å². The molecule has 124 valence electrons. The van der Waals surface area contributed by atoms with Crippen LogP contribution in [0.2, 0.25) is 0 Å². The number of nitrogens with zero attached hydrogens (tertiary/aromatic N) is 2. The maximum absolute atomic E-state index is 12.0. The van der Waals surface area contributed by atoms with Crippen LogP contribution in [-0.4, -0.2) is 23.3 Å². The first-order chi connectivity index (χ1) is 11.6. The number of pyridine rings is 1. The number of rotatable bonds is 5. The monoisotopic (exact) mass is 323 g/mol. The highest BCUT2D eigenvalue weighted by atomic mass is 16.2. The maximum atomic E-state index is 12.0. The predicted octanol–water partition coefficient (Wildman–Crippen LogP) is 2.38. The van der Waals surface area contributed by atoms with Gasteiger partial charge in [-0.3, -0.25) is 14.6 Å². The average Bonchev–Trinajstić information content (AvgIpc) is 3.01. The van der Waals surface area contributed by atoms with Gasteiger partial charge in [-0.2, -0.15) is 0 Å². The Balaban J connectivity index is 1.52. The molecule has 1 saturated heterocycles. The highest BCUT2D eigenvalue weighted by molar-refractivity contribution is 5.95. The van der Waals surface area contributed by atoms with Gasteiger partial charge < -0.3 is 10.2 Å². The normalized spacial score (nSPS) is 14.0. The van der Waals surface area contributed by atoms with Crippen LogP contribution >= 0.6 is 0 Å². The van der Waals surface area contributed by atoms with Gasteiger partial charge in [-0.25, -0.2) is 0 Å². The second kappa shape index (κ2) is 7.25. The van der Waals surface area contributed by atoms with Crippen LogP contribution in [0.3, 0.4) is 0 Å². The van der Waals surface area contributed by atoms with Gasteiger partial charge in [-0.1, -0.05) is 18.2 Å². The van der Waals surface area contributed by atoms with Gasteiger partial charge in [0.05, 0.1) is 6.42 Å². The van der Waals surface area contributed by atoms with E-state index < -0.39 is 0 Å². The van der Waals surface area contributed by atoms with Crippen LogP contribution in [0.1, 0.15) is 29.7 Å². The van der Waals surface area contributed by atoms with E-state index in [0.29, 0.717) is 19.4 Å². The van der Waals surface area contributed by atoms with Crippen LogP contribution in [0.4, 0.5) is 5.69 Å². The van der Waals surface area contributed by atoms with E-state index in [1.54, 1.807) is 11.1 Å². The fourth-order valence-corrected chi connectivity index (χ4v) is 2.77. The lowest BCUT2D eigenvalue weighted by Gasteiger charge is -2.15. The Morgan fingerprint density at radius 1 is 1.17 bits per heavy atom. The van der Waals surface area contributed by atoms with Gasteiger partial charge in [-0.05, 0) is 42.7 Å². The Morgan fingerprint density at radius 3 is 2.54 bits per heavy atom. The second-order valence-corrected chi connectivity index (χ2v) is 6.08. The van der Waals surface area contributed by atoms with Gasteiger partial charge in [-0.15, -0.1) is 0 Å². The molecule has 1 aromatic carbocycles. The molecule has 0 spiro atoms. The molecule has 1 aliphatic rings. The van der Waals surface area contributed by atoms with Gasteiger partial charge in [0.15, 0.2) is 0 Å². The quantitative estimate of drug-likeness (QED) is 0.919. The molecule has 0 aliphatic carbocycles. The number of amides is 2. The summed E-state index contributed by atoms with van der Waals surface area (Å²) in [6.45, 7) is 3.19. The molecular formula is C19H21N3O2. The van der Waals surface area contributed by atoms with E-state index in [1.165, 1.54) is 0 Å². The third kappa shape index (κ3) is 3.98. The van der Waals surface area contributed by atoms with Gasteiger partial charge in [0.2, 0.25) is 11.8 Å². The number of carbonyl (C=O) groups excluding carboxylic acids is 2. The second-order valence-electron chi connectivity index (χ2n) is 6.08. The van der Waals surface area contributed by atoms with Gasteiger partial charge in [0, 0.05) is 37.1 Å². The predicted molar refractivity (Wildman–Crippen MR) is 92.6 cm³/mol. The molecule has 1 fully saturated rings. The van der Waals surface area contributed by atoms with Crippen molar-refractivity contribution in [2.75, 3.05) is 11.4 Å². The van der Waals surface area contributed by atoms with Crippen molar-refractivity contribution in [1.82, 2.24) is 10.3 Å². The minimum atomic E-state index is -0.0272. The average molecular weight is 323 g/mol. The lowest BCUT2D eigenvalue weighted by atomic mass is 10.1. The molecule has 2 aromatic rings. The fourth-order valence-electron chi connectivity index (χ4n) is 2.77. The van der Waals surface area contributed by atoms with Crippen molar-refractivity contribution in [3.63, 3.8) is 0 Å². The minimum absolute atomic E-state index is 0.0272. The number of aromatic nitrogens is 1. The van der Waals surface area contributed by atoms with E-state index in [0.717, 1.165) is 35.5 Å². The van der Waals surface area contributed by atoms with E-state index in [2.05, 4.69) is 10.3 Å². The SMILES string of the molecule is Cc1ccc(CNC(=O)Cc2ccc(N3CCCC3=O)cc2)cn1. The Hall–Kier alpha value is -2.69. The Morgan fingerprint density at radius 2 is 1.92 bits per heavy atom. The molecule has 0 radical (unpaired) electrons. The third-order valence-corrected chi connectivity index (χ3v) is 4.15. The maximum Gasteiger partial charge on any atom is 0.227 e. The molecule has 1 aromatic heterocycles. The molecular weight excluding hydrogens is 302 g/mol. The summed E-state index contributed by atoms with van der Waals surface area (Å²) in [5, 5.41) is 2.90. The number of aryl methyl sites for hydroxylation is 1. The number of nitrogens with one attached hydrogen (secondary N) is 1. The molecule has 0 bridgehead atoms. The molecule has 1 N–H and O–H groups in total. The van der Waals surface area contributed by atoms with Gasteiger partial charge in [0.25, 0.3) is 0 Å². The van der Waals surface area contributed by atoms with E-state index in [-0.39, 0.29) is 11.8 Å². The smallest absolute Gasteiger partial charge is 0.227 e. The standard InChI is InChI=1S/C19H21N3O2/c1-14-4-5-16(12-20-14)13-21-18(23)11-15-6-8-17(9-7-15)22-10-2-3-19(22)24/h4-9,12H,2-3,10-11,13H2,1H3,(H,21,23). The summed E-state index contributed by atoms with van der Waals surface area (Å²) in [7, 11) is 0. The van der Waals surface area contributed by atoms with Crippen molar-refractivity contribution in [3.8, 4) is 0 Å². The topological polar surface area (TPSA) is 62.3 Å². The summed E-state index contributed by atoms with van der Waals surface area (Å²) in [6, 6.07) is 11.5. The molecule has 0 saturated carbocycles. The Labute approximate surface area is 141 Å². The fraction of sp³-hybridized carbons (Fsp3) is 0.316. The lowest BCUT2D eigenvalue weighted by Crippen LogP contribution is -2.25. The zero-order chi connectivity index (χ0) is 16.9. The van der Waals surface area contributed by atoms with Crippen molar-refractivity contribution >= 4 is 17.5 Å². The van der Waals surface area contributed by atoms with Crippen molar-refractivity contribution in [2.45, 2.75) is 32.7 Å². The third-order valence-electron chi connectivity index (χ3n) is 4.15. The largest absolute Gasteiger partial charge is 0.352 e. The first-order valence-electron chi connectivity index (χ1n) is 8.19. The first-order valence-corrected chi connectivity index (χ1v) is 8.19. The first kappa shape index (κ1) is 16.2. The molecule has 1 aliphatic heterocycles. The van der Waals surface area contributed by atoms with Gasteiger partial charge >= 0.3 is 0 Å². The zero-order valence-electron chi connectivity index (χ0n) is 13.8. The van der Waals surface area contributed by atoms with E-state index in [9.17, 15) is 9.59 Å². The van der Waals surface area contributed by atoms with Crippen molar-refractivity contribution in [3.05, 3.63) is 59.4 Å². The Bertz CT molecular complexity index is 723. The number of benzene rings is 1. The molecule has 0 atom stereocenters. The van der Waals surface area contributed by atoms with Crippen LogP contribution < -0.4 is 10.2 Å². The molecule has 24 heavy (non-hydrogen) atoms. The summed E-state index contributed by atoms with van der Waals surface area (Å²) in [5.41, 5.74) is 3.79. The van der Waals surface area contributed by atoms with Crippen LogP contribution in [0.15, 0.2) is 42.6 Å². The summed E-state index contributed by atoms with van der Waals surface area (Å²) in [6.07, 6.45) is 3.64. The lowest BCUT2D eigenvalue weighted by molar-refractivity contribution is -0.120. The van der Waals surface area contributed by atoms with E-state index in [4.69, 9.17) is 0 Å². The highest BCUT2D eigenvalue weighted by Gasteiger charge is 2.21. The summed E-state index contributed by atoms with van der Waals surface area (Å²) >= 11 is 0. The van der Waals surface area contributed by atoms with Crippen molar-refractivity contribution in [2.24, 2.45) is 0 Å². The zero-order valence-corrected chi connectivity index (χ0v) is 13.8. The summed E-state index contributed by atoms with van der Waals surface area (Å²) in [4.78, 5) is 29.8. The van der Waals surface area contributed by atoms with E-state index in [1.807, 2.05) is 43.3 Å². The molecule has 5 heteroatoms. The number of hydrogen-bond acceptors (Lipinski definition) is 3. The van der Waals surface area contributed by atoms with Crippen LogP contribution in [0.5, 0.6) is 0 Å². The summed E-state index contributed by atoms with van der Waals surface area (Å²) in [5.74, 6) is 0.146. The molecule has 0 unspecified atom stereocenters. The number of hydrogen-bond donors (Lipinski definition) is 1. The Kier molecular flexibility index (Phi) is 4.89. The summed E-state index contributed by atoms with van der Waals surface area (Å²) < 4.78 is 0. The number of anilines is 1. The number of carbonyl (C=O) groups is 2. The molecule has 5 nitrogen and oxygen atoms in total. The van der Waals surface area contributed by atoms with Crippen molar-refractivity contribution < 1.29 is 9.59 Å². The minimum Gasteiger partial charge on any atom is -0.352 e. The molecule has 2 amide bonds. The van der Waals surface area contributed by atoms with Crippen molar-refractivity contribution in [1.29, 1.82) is 0 Å². The van der Waals surface area contributed by atoms with E-state index >= 15 is 0 Å². The van der Waals surface area contributed by atoms with Crippen LogP contribution in [0.25, 0.3) is 0 Å². The molecule has 2 heterocycles.